The number of benzene rings is 1. The first kappa shape index (κ1) is 16.8. The van der Waals surface area contributed by atoms with E-state index in [-0.39, 0.29) is 17.2 Å². The number of rotatable bonds is 5. The minimum absolute atomic E-state index is 0.00372. The summed E-state index contributed by atoms with van der Waals surface area (Å²) in [6, 6.07) is 6.30. The van der Waals surface area contributed by atoms with E-state index >= 15 is 0 Å². The van der Waals surface area contributed by atoms with Crippen LogP contribution in [0.15, 0.2) is 24.3 Å². The maximum absolute atomic E-state index is 12.3. The Morgan fingerprint density at radius 1 is 1.15 bits per heavy atom. The van der Waals surface area contributed by atoms with Gasteiger partial charge in [-0.1, -0.05) is 25.1 Å². The highest BCUT2D eigenvalue weighted by Gasteiger charge is 2.32. The molecule has 0 heterocycles. The first-order valence-corrected chi connectivity index (χ1v) is 6.65. The van der Waals surface area contributed by atoms with E-state index in [4.69, 9.17) is 0 Å². The summed E-state index contributed by atoms with van der Waals surface area (Å²) in [6.07, 6.45) is -4.11. The predicted molar refractivity (Wildman–Crippen MR) is 73.7 cm³/mol. The number of para-hydroxylation sites is 1. The molecule has 0 saturated carbocycles. The quantitative estimate of drug-likeness (QED) is 0.879. The van der Waals surface area contributed by atoms with Crippen molar-refractivity contribution >= 4 is 0 Å². The molecule has 0 saturated heterocycles. The molecular weight excluding hydrogens is 267 g/mol. The summed E-state index contributed by atoms with van der Waals surface area (Å²) in [4.78, 5) is 0. The van der Waals surface area contributed by atoms with Crippen LogP contribution in [0.5, 0.6) is 5.75 Å². The lowest BCUT2D eigenvalue weighted by atomic mass is 9.99. The highest BCUT2D eigenvalue weighted by Crippen LogP contribution is 2.27. The molecule has 1 N–H and O–H groups in total. The van der Waals surface area contributed by atoms with Crippen LogP contribution in [-0.4, -0.2) is 18.4 Å². The lowest BCUT2D eigenvalue weighted by molar-refractivity contribution is -0.274. The van der Waals surface area contributed by atoms with Gasteiger partial charge < -0.3 is 10.1 Å². The molecule has 0 aliphatic carbocycles. The van der Waals surface area contributed by atoms with Gasteiger partial charge in [-0.25, -0.2) is 0 Å². The van der Waals surface area contributed by atoms with Gasteiger partial charge in [0.25, 0.3) is 0 Å². The molecule has 114 valence electrons. The topological polar surface area (TPSA) is 21.3 Å². The second-order valence-electron chi connectivity index (χ2n) is 6.10. The lowest BCUT2D eigenvalue weighted by Gasteiger charge is -2.24. The van der Waals surface area contributed by atoms with Gasteiger partial charge in [0.1, 0.15) is 5.75 Å². The summed E-state index contributed by atoms with van der Waals surface area (Å²) in [5.74, 6) is 0.106. The molecule has 1 rings (SSSR count). The van der Waals surface area contributed by atoms with Crippen LogP contribution < -0.4 is 10.1 Å². The molecule has 1 aromatic carbocycles. The summed E-state index contributed by atoms with van der Waals surface area (Å²) >= 11 is 0. The summed E-state index contributed by atoms with van der Waals surface area (Å²) < 4.78 is 41.0. The van der Waals surface area contributed by atoms with Crippen LogP contribution in [-0.2, 0) is 6.42 Å². The van der Waals surface area contributed by atoms with Crippen molar-refractivity contribution in [1.82, 2.24) is 5.32 Å². The van der Waals surface area contributed by atoms with Gasteiger partial charge in [0, 0.05) is 5.54 Å². The standard InChI is InChI=1S/C15H22F3NO/c1-11(10-19-14(2,3)4)9-12-7-5-6-8-13(12)20-15(16,17)18/h5-8,11,19H,9-10H2,1-4H3. The average molecular weight is 289 g/mol. The molecule has 0 bridgehead atoms. The lowest BCUT2D eigenvalue weighted by Crippen LogP contribution is -2.39. The monoisotopic (exact) mass is 289 g/mol. The Bertz CT molecular complexity index is 424. The van der Waals surface area contributed by atoms with Crippen LogP contribution in [0.2, 0.25) is 0 Å². The number of nitrogens with one attached hydrogen (secondary N) is 1. The largest absolute Gasteiger partial charge is 0.573 e. The van der Waals surface area contributed by atoms with Crippen LogP contribution >= 0.6 is 0 Å². The first-order valence-electron chi connectivity index (χ1n) is 6.65. The Labute approximate surface area is 118 Å². The van der Waals surface area contributed by atoms with Crippen molar-refractivity contribution in [1.29, 1.82) is 0 Å². The molecule has 1 aromatic rings. The summed E-state index contributed by atoms with van der Waals surface area (Å²) in [5, 5.41) is 3.35. The fourth-order valence-corrected chi connectivity index (χ4v) is 1.82. The van der Waals surface area contributed by atoms with E-state index in [0.29, 0.717) is 12.0 Å². The Morgan fingerprint density at radius 2 is 1.75 bits per heavy atom. The van der Waals surface area contributed by atoms with Gasteiger partial charge >= 0.3 is 6.36 Å². The van der Waals surface area contributed by atoms with E-state index < -0.39 is 6.36 Å². The maximum atomic E-state index is 12.3. The molecule has 2 nitrogen and oxygen atoms in total. The van der Waals surface area contributed by atoms with E-state index in [2.05, 4.69) is 30.8 Å². The van der Waals surface area contributed by atoms with E-state index in [1.165, 1.54) is 6.07 Å². The summed E-state index contributed by atoms with van der Waals surface area (Å²) in [6.45, 7) is 8.91. The van der Waals surface area contributed by atoms with Crippen molar-refractivity contribution in [2.45, 2.75) is 46.0 Å². The third-order valence-corrected chi connectivity index (χ3v) is 2.75. The second-order valence-corrected chi connectivity index (χ2v) is 6.10. The minimum atomic E-state index is -4.65. The van der Waals surface area contributed by atoms with Crippen LogP contribution in [0.25, 0.3) is 0 Å². The molecule has 20 heavy (non-hydrogen) atoms. The zero-order valence-corrected chi connectivity index (χ0v) is 12.3. The van der Waals surface area contributed by atoms with Crippen LogP contribution in [0.1, 0.15) is 33.3 Å². The molecule has 0 aliphatic heterocycles. The molecule has 0 aromatic heterocycles. The molecule has 0 spiro atoms. The third-order valence-electron chi connectivity index (χ3n) is 2.75. The Kier molecular flexibility index (Phi) is 5.45. The highest BCUT2D eigenvalue weighted by atomic mass is 19.4. The van der Waals surface area contributed by atoms with Crippen molar-refractivity contribution in [3.05, 3.63) is 29.8 Å². The van der Waals surface area contributed by atoms with Crippen molar-refractivity contribution < 1.29 is 17.9 Å². The van der Waals surface area contributed by atoms with Crippen molar-refractivity contribution in [3.8, 4) is 5.75 Å². The fourth-order valence-electron chi connectivity index (χ4n) is 1.82. The van der Waals surface area contributed by atoms with Gasteiger partial charge in [-0.2, -0.15) is 0 Å². The summed E-state index contributed by atoms with van der Waals surface area (Å²) in [7, 11) is 0. The smallest absolute Gasteiger partial charge is 0.406 e. The number of halogens is 3. The molecular formula is C15H22F3NO. The van der Waals surface area contributed by atoms with Crippen LogP contribution in [0.4, 0.5) is 13.2 Å². The molecule has 1 atom stereocenters. The SMILES string of the molecule is CC(CNC(C)(C)C)Cc1ccccc1OC(F)(F)F. The Hall–Kier alpha value is -1.23. The normalized spacial score (nSPS) is 14.2. The van der Waals surface area contributed by atoms with E-state index in [0.717, 1.165) is 6.54 Å². The van der Waals surface area contributed by atoms with Gasteiger partial charge in [-0.05, 0) is 51.3 Å². The van der Waals surface area contributed by atoms with E-state index in [1.54, 1.807) is 18.2 Å². The maximum Gasteiger partial charge on any atom is 0.573 e. The zero-order valence-electron chi connectivity index (χ0n) is 12.3. The van der Waals surface area contributed by atoms with Crippen LogP contribution in [0.3, 0.4) is 0 Å². The second kappa shape index (κ2) is 6.48. The fraction of sp³-hybridized carbons (Fsp3) is 0.600. The van der Waals surface area contributed by atoms with Crippen molar-refractivity contribution in [2.24, 2.45) is 5.92 Å². The van der Waals surface area contributed by atoms with Crippen LogP contribution in [0, 0.1) is 5.92 Å². The molecule has 0 aliphatic rings. The summed E-state index contributed by atoms with van der Waals surface area (Å²) in [5.41, 5.74) is 0.573. The molecule has 0 radical (unpaired) electrons. The molecule has 0 fully saturated rings. The van der Waals surface area contributed by atoms with Gasteiger partial charge in [-0.15, -0.1) is 13.2 Å². The first-order chi connectivity index (χ1) is 9.07. The number of hydrogen-bond donors (Lipinski definition) is 1. The highest BCUT2D eigenvalue weighted by molar-refractivity contribution is 5.33. The third kappa shape index (κ3) is 6.80. The number of ether oxygens (including phenoxy) is 1. The van der Waals surface area contributed by atoms with E-state index in [1.807, 2.05) is 6.92 Å². The zero-order chi connectivity index (χ0) is 15.4. The van der Waals surface area contributed by atoms with Gasteiger partial charge in [0.05, 0.1) is 0 Å². The Morgan fingerprint density at radius 3 is 2.30 bits per heavy atom. The average Bonchev–Trinajstić information content (AvgIpc) is 2.26. The minimum Gasteiger partial charge on any atom is -0.406 e. The van der Waals surface area contributed by atoms with Gasteiger partial charge in [0.15, 0.2) is 0 Å². The predicted octanol–water partition coefficient (Wildman–Crippen LogP) is 4.15. The number of alkyl halides is 3. The molecule has 1 unspecified atom stereocenters. The van der Waals surface area contributed by atoms with E-state index in [9.17, 15) is 13.2 Å². The van der Waals surface area contributed by atoms with Crippen molar-refractivity contribution in [3.63, 3.8) is 0 Å². The van der Waals surface area contributed by atoms with Gasteiger partial charge in [-0.3, -0.25) is 0 Å². The molecule has 0 amide bonds. The molecule has 5 heteroatoms. The van der Waals surface area contributed by atoms with Crippen molar-refractivity contribution in [2.75, 3.05) is 6.54 Å². The Balaban J connectivity index is 2.67. The van der Waals surface area contributed by atoms with Gasteiger partial charge in [0.2, 0.25) is 0 Å². The number of hydrogen-bond acceptors (Lipinski definition) is 2.